The number of nitrogens with one attached hydrogen (secondary N) is 1. The summed E-state index contributed by atoms with van der Waals surface area (Å²) in [6.45, 7) is 4.91. The van der Waals surface area contributed by atoms with E-state index in [9.17, 15) is 4.79 Å². The van der Waals surface area contributed by atoms with Gasteiger partial charge in [0.2, 0.25) is 0 Å². The lowest BCUT2D eigenvalue weighted by Gasteiger charge is -2.23. The molecule has 0 aliphatic heterocycles. The van der Waals surface area contributed by atoms with Gasteiger partial charge in [0.1, 0.15) is 0 Å². The van der Waals surface area contributed by atoms with E-state index < -0.39 is 0 Å². The van der Waals surface area contributed by atoms with Crippen LogP contribution in [-0.4, -0.2) is 22.4 Å². The minimum absolute atomic E-state index is 0.210. The molecule has 4 rings (SSSR count). The van der Waals surface area contributed by atoms with E-state index in [0.29, 0.717) is 11.3 Å². The average Bonchev–Trinajstić information content (AvgIpc) is 2.75. The van der Waals surface area contributed by atoms with Crippen LogP contribution in [0.4, 0.5) is 17.1 Å². The number of anilines is 3. The summed E-state index contributed by atoms with van der Waals surface area (Å²) < 4.78 is 0. The summed E-state index contributed by atoms with van der Waals surface area (Å²) in [7, 11) is 0. The highest BCUT2D eigenvalue weighted by Crippen LogP contribution is 2.26. The highest BCUT2D eigenvalue weighted by atomic mass is 16.1. The van der Waals surface area contributed by atoms with Crippen LogP contribution in [0.3, 0.4) is 0 Å². The van der Waals surface area contributed by atoms with E-state index in [1.54, 1.807) is 18.6 Å². The lowest BCUT2D eigenvalue weighted by molar-refractivity contribution is 0.102. The molecule has 0 saturated heterocycles. The molecule has 5 nitrogen and oxygen atoms in total. The first-order chi connectivity index (χ1) is 14.2. The Balaban J connectivity index is 1.63. The van der Waals surface area contributed by atoms with Crippen LogP contribution in [0.1, 0.15) is 22.8 Å². The predicted octanol–water partition coefficient (Wildman–Crippen LogP) is 5.35. The van der Waals surface area contributed by atoms with Gasteiger partial charge in [0.05, 0.1) is 28.7 Å². The van der Waals surface area contributed by atoms with Crippen molar-refractivity contribution in [2.45, 2.75) is 13.8 Å². The molecule has 5 heteroatoms. The standard InChI is InChI=1S/C24H22N4O/c1-3-28(20-10-4-7-17(2)13-20)21-14-19(15-25-16-21)24(29)27-22-11-5-8-18-9-6-12-26-23(18)22/h4-16H,3H2,1-2H3,(H,27,29). The van der Waals surface area contributed by atoms with Crippen molar-refractivity contribution in [2.75, 3.05) is 16.8 Å². The molecule has 0 unspecified atom stereocenters. The highest BCUT2D eigenvalue weighted by molar-refractivity contribution is 6.08. The van der Waals surface area contributed by atoms with Crippen LogP contribution in [0.25, 0.3) is 10.9 Å². The normalized spacial score (nSPS) is 10.7. The maximum atomic E-state index is 12.9. The Morgan fingerprint density at radius 2 is 1.83 bits per heavy atom. The van der Waals surface area contributed by atoms with E-state index >= 15 is 0 Å². The summed E-state index contributed by atoms with van der Waals surface area (Å²) in [5, 5.41) is 3.95. The summed E-state index contributed by atoms with van der Waals surface area (Å²) in [6.07, 6.45) is 5.09. The van der Waals surface area contributed by atoms with Crippen molar-refractivity contribution in [1.29, 1.82) is 0 Å². The van der Waals surface area contributed by atoms with Gasteiger partial charge in [-0.05, 0) is 49.7 Å². The van der Waals surface area contributed by atoms with Crippen LogP contribution >= 0.6 is 0 Å². The fourth-order valence-corrected chi connectivity index (χ4v) is 3.41. The van der Waals surface area contributed by atoms with Crippen molar-refractivity contribution in [3.05, 3.63) is 90.4 Å². The van der Waals surface area contributed by atoms with E-state index in [0.717, 1.165) is 28.8 Å². The number of rotatable bonds is 5. The van der Waals surface area contributed by atoms with Gasteiger partial charge in [-0.1, -0.05) is 30.3 Å². The van der Waals surface area contributed by atoms with Crippen LogP contribution < -0.4 is 10.2 Å². The summed E-state index contributed by atoms with van der Waals surface area (Å²) in [5.74, 6) is -0.210. The molecule has 2 heterocycles. The Bertz CT molecular complexity index is 1170. The third kappa shape index (κ3) is 3.94. The first kappa shape index (κ1) is 18.6. The molecule has 0 saturated carbocycles. The Kier molecular flexibility index (Phi) is 5.20. The molecule has 1 N–H and O–H groups in total. The van der Waals surface area contributed by atoms with Gasteiger partial charge in [-0.15, -0.1) is 0 Å². The number of aryl methyl sites for hydroxylation is 1. The minimum Gasteiger partial charge on any atom is -0.340 e. The Labute approximate surface area is 170 Å². The van der Waals surface area contributed by atoms with Gasteiger partial charge < -0.3 is 10.2 Å². The monoisotopic (exact) mass is 382 g/mol. The Morgan fingerprint density at radius 1 is 1.00 bits per heavy atom. The molecule has 29 heavy (non-hydrogen) atoms. The molecule has 0 aliphatic rings. The number of hydrogen-bond acceptors (Lipinski definition) is 4. The molecule has 4 aromatic rings. The summed E-state index contributed by atoms with van der Waals surface area (Å²) >= 11 is 0. The molecular formula is C24H22N4O. The largest absolute Gasteiger partial charge is 0.340 e. The molecule has 0 atom stereocenters. The zero-order valence-electron chi connectivity index (χ0n) is 16.5. The SMILES string of the molecule is CCN(c1cccc(C)c1)c1cncc(C(=O)Nc2cccc3cccnc23)c1. The second-order valence-corrected chi connectivity index (χ2v) is 6.85. The summed E-state index contributed by atoms with van der Waals surface area (Å²) in [6, 6.07) is 19.7. The third-order valence-corrected chi connectivity index (χ3v) is 4.81. The molecule has 1 amide bonds. The lowest BCUT2D eigenvalue weighted by atomic mass is 10.1. The Morgan fingerprint density at radius 3 is 2.66 bits per heavy atom. The first-order valence-electron chi connectivity index (χ1n) is 9.60. The van der Waals surface area contributed by atoms with Crippen LogP contribution in [0, 0.1) is 6.92 Å². The van der Waals surface area contributed by atoms with Gasteiger partial charge in [0.15, 0.2) is 0 Å². The quantitative estimate of drug-likeness (QED) is 0.506. The highest BCUT2D eigenvalue weighted by Gasteiger charge is 2.13. The number of aromatic nitrogens is 2. The topological polar surface area (TPSA) is 58.1 Å². The van der Waals surface area contributed by atoms with Crippen molar-refractivity contribution < 1.29 is 4.79 Å². The van der Waals surface area contributed by atoms with Crippen molar-refractivity contribution in [3.63, 3.8) is 0 Å². The van der Waals surface area contributed by atoms with Crippen molar-refractivity contribution in [1.82, 2.24) is 9.97 Å². The number of hydrogen-bond donors (Lipinski definition) is 1. The van der Waals surface area contributed by atoms with Gasteiger partial charge in [-0.3, -0.25) is 14.8 Å². The van der Waals surface area contributed by atoms with Gasteiger partial charge in [-0.2, -0.15) is 0 Å². The molecule has 2 aromatic heterocycles. The number of carbonyl (C=O) groups is 1. The molecule has 2 aromatic carbocycles. The van der Waals surface area contributed by atoms with Gasteiger partial charge in [0, 0.05) is 30.0 Å². The maximum absolute atomic E-state index is 12.9. The van der Waals surface area contributed by atoms with Crippen LogP contribution in [-0.2, 0) is 0 Å². The van der Waals surface area contributed by atoms with E-state index in [-0.39, 0.29) is 5.91 Å². The van der Waals surface area contributed by atoms with Crippen LogP contribution in [0.2, 0.25) is 0 Å². The predicted molar refractivity (Wildman–Crippen MR) is 118 cm³/mol. The molecule has 0 fully saturated rings. The zero-order valence-corrected chi connectivity index (χ0v) is 16.5. The van der Waals surface area contributed by atoms with Gasteiger partial charge in [-0.25, -0.2) is 0 Å². The number of fused-ring (bicyclic) bond motifs is 1. The first-order valence-corrected chi connectivity index (χ1v) is 9.60. The molecule has 0 aliphatic carbocycles. The fourth-order valence-electron chi connectivity index (χ4n) is 3.41. The lowest BCUT2D eigenvalue weighted by Crippen LogP contribution is -2.18. The molecular weight excluding hydrogens is 360 g/mol. The number of carbonyl (C=O) groups excluding carboxylic acids is 1. The van der Waals surface area contributed by atoms with Crippen molar-refractivity contribution in [3.8, 4) is 0 Å². The number of pyridine rings is 2. The van der Waals surface area contributed by atoms with Crippen molar-refractivity contribution >= 4 is 33.9 Å². The summed E-state index contributed by atoms with van der Waals surface area (Å²) in [4.78, 5) is 23.8. The van der Waals surface area contributed by atoms with E-state index in [2.05, 4.69) is 52.2 Å². The summed E-state index contributed by atoms with van der Waals surface area (Å²) in [5.41, 5.74) is 5.09. The van der Waals surface area contributed by atoms with E-state index in [1.165, 1.54) is 5.56 Å². The minimum atomic E-state index is -0.210. The number of benzene rings is 2. The molecule has 0 spiro atoms. The number of amides is 1. The number of para-hydroxylation sites is 1. The van der Waals surface area contributed by atoms with Gasteiger partial charge in [0.25, 0.3) is 5.91 Å². The van der Waals surface area contributed by atoms with Crippen LogP contribution in [0.15, 0.2) is 79.3 Å². The van der Waals surface area contributed by atoms with Crippen LogP contribution in [0.5, 0.6) is 0 Å². The average molecular weight is 382 g/mol. The number of nitrogens with zero attached hydrogens (tertiary/aromatic N) is 3. The molecule has 0 radical (unpaired) electrons. The van der Waals surface area contributed by atoms with Gasteiger partial charge >= 0.3 is 0 Å². The van der Waals surface area contributed by atoms with Crippen molar-refractivity contribution in [2.24, 2.45) is 0 Å². The third-order valence-electron chi connectivity index (χ3n) is 4.81. The smallest absolute Gasteiger partial charge is 0.257 e. The fraction of sp³-hybridized carbons (Fsp3) is 0.125. The maximum Gasteiger partial charge on any atom is 0.257 e. The Hall–Kier alpha value is -3.73. The zero-order chi connectivity index (χ0) is 20.2. The second-order valence-electron chi connectivity index (χ2n) is 6.85. The van der Waals surface area contributed by atoms with E-state index in [4.69, 9.17) is 0 Å². The second kappa shape index (κ2) is 8.10. The molecule has 144 valence electrons. The van der Waals surface area contributed by atoms with E-state index in [1.807, 2.05) is 42.5 Å². The molecule has 0 bridgehead atoms.